The average molecular weight is 190 g/mol. The maximum absolute atomic E-state index is 5.03. The van der Waals surface area contributed by atoms with Gasteiger partial charge in [0.2, 0.25) is 0 Å². The lowest BCUT2D eigenvalue weighted by Crippen LogP contribution is -2.00. The number of rotatable bonds is 3. The Hall–Kier alpha value is -1.91. The molecule has 14 heavy (non-hydrogen) atoms. The number of nitrogens with zero attached hydrogens (tertiary/aromatic N) is 3. The quantitative estimate of drug-likeness (QED) is 0.792. The molecule has 0 atom stereocenters. The molecule has 5 nitrogen and oxygen atoms in total. The predicted octanol–water partition coefficient (Wildman–Crippen LogP) is 1.39. The lowest BCUT2D eigenvalue weighted by Gasteiger charge is -1.99. The minimum Gasteiger partial charge on any atom is -0.361 e. The molecule has 0 spiro atoms. The molecule has 0 aliphatic rings. The third kappa shape index (κ3) is 2.07. The SMILES string of the molecule is Cc1cc(CNc2cnccn2)on1. The van der Waals surface area contributed by atoms with Crippen molar-refractivity contribution < 1.29 is 4.52 Å². The van der Waals surface area contributed by atoms with Crippen LogP contribution >= 0.6 is 0 Å². The molecule has 0 saturated carbocycles. The van der Waals surface area contributed by atoms with Crippen LogP contribution in [-0.2, 0) is 6.54 Å². The van der Waals surface area contributed by atoms with Gasteiger partial charge in [-0.3, -0.25) is 4.98 Å². The fourth-order valence-electron chi connectivity index (χ4n) is 1.07. The molecule has 0 unspecified atom stereocenters. The summed E-state index contributed by atoms with van der Waals surface area (Å²) in [5.74, 6) is 1.51. The zero-order valence-electron chi connectivity index (χ0n) is 7.77. The van der Waals surface area contributed by atoms with Crippen LogP contribution in [0, 0.1) is 6.92 Å². The van der Waals surface area contributed by atoms with E-state index in [0.717, 1.165) is 17.3 Å². The number of aryl methyl sites for hydroxylation is 1. The van der Waals surface area contributed by atoms with Gasteiger partial charge < -0.3 is 9.84 Å². The van der Waals surface area contributed by atoms with Crippen molar-refractivity contribution >= 4 is 5.82 Å². The first-order valence-corrected chi connectivity index (χ1v) is 4.26. The van der Waals surface area contributed by atoms with Crippen molar-refractivity contribution in [1.82, 2.24) is 15.1 Å². The van der Waals surface area contributed by atoms with Crippen molar-refractivity contribution in [3.8, 4) is 0 Å². The minimum absolute atomic E-state index is 0.569. The van der Waals surface area contributed by atoms with Crippen LogP contribution in [0.25, 0.3) is 0 Å². The molecule has 0 fully saturated rings. The molecule has 2 aromatic rings. The summed E-state index contributed by atoms with van der Waals surface area (Å²) in [5, 5.41) is 6.84. The van der Waals surface area contributed by atoms with E-state index in [9.17, 15) is 0 Å². The molecule has 0 aliphatic heterocycles. The smallest absolute Gasteiger partial charge is 0.156 e. The maximum Gasteiger partial charge on any atom is 0.156 e. The summed E-state index contributed by atoms with van der Waals surface area (Å²) in [6.07, 6.45) is 4.92. The van der Waals surface area contributed by atoms with Gasteiger partial charge in [0.15, 0.2) is 5.76 Å². The van der Waals surface area contributed by atoms with E-state index in [1.165, 1.54) is 0 Å². The Morgan fingerprint density at radius 1 is 1.43 bits per heavy atom. The monoisotopic (exact) mass is 190 g/mol. The standard InChI is InChI=1S/C9H10N4O/c1-7-4-8(14-13-7)5-12-9-6-10-2-3-11-9/h2-4,6H,5H2,1H3,(H,11,12). The molecule has 0 aliphatic carbocycles. The van der Waals surface area contributed by atoms with Crippen LogP contribution in [0.4, 0.5) is 5.82 Å². The predicted molar refractivity (Wildman–Crippen MR) is 50.6 cm³/mol. The molecule has 2 heterocycles. The van der Waals surface area contributed by atoms with E-state index in [1.807, 2.05) is 13.0 Å². The largest absolute Gasteiger partial charge is 0.361 e. The molecule has 0 radical (unpaired) electrons. The van der Waals surface area contributed by atoms with Crippen LogP contribution < -0.4 is 5.32 Å². The van der Waals surface area contributed by atoms with Gasteiger partial charge >= 0.3 is 0 Å². The Morgan fingerprint density at radius 3 is 3.00 bits per heavy atom. The van der Waals surface area contributed by atoms with Gasteiger partial charge in [-0.2, -0.15) is 0 Å². The van der Waals surface area contributed by atoms with Gasteiger partial charge in [-0.25, -0.2) is 4.98 Å². The first-order chi connectivity index (χ1) is 6.84. The fourth-order valence-corrected chi connectivity index (χ4v) is 1.07. The van der Waals surface area contributed by atoms with E-state index >= 15 is 0 Å². The molecular formula is C9H10N4O. The number of hydrogen-bond donors (Lipinski definition) is 1. The van der Waals surface area contributed by atoms with Gasteiger partial charge in [-0.1, -0.05) is 5.16 Å². The van der Waals surface area contributed by atoms with E-state index < -0.39 is 0 Å². The first-order valence-electron chi connectivity index (χ1n) is 4.26. The molecular weight excluding hydrogens is 180 g/mol. The second-order valence-corrected chi connectivity index (χ2v) is 2.88. The Labute approximate surface area is 81.2 Å². The number of hydrogen-bond acceptors (Lipinski definition) is 5. The van der Waals surface area contributed by atoms with Crippen LogP contribution in [0.3, 0.4) is 0 Å². The van der Waals surface area contributed by atoms with Crippen molar-refractivity contribution in [2.75, 3.05) is 5.32 Å². The highest BCUT2D eigenvalue weighted by Crippen LogP contribution is 2.05. The second-order valence-electron chi connectivity index (χ2n) is 2.88. The van der Waals surface area contributed by atoms with Crippen molar-refractivity contribution in [3.05, 3.63) is 36.1 Å². The van der Waals surface area contributed by atoms with Crippen LogP contribution in [0.15, 0.2) is 29.2 Å². The zero-order chi connectivity index (χ0) is 9.80. The fraction of sp³-hybridized carbons (Fsp3) is 0.222. The van der Waals surface area contributed by atoms with E-state index in [4.69, 9.17) is 4.52 Å². The first kappa shape index (κ1) is 8.68. The Balaban J connectivity index is 1.95. The molecule has 0 bridgehead atoms. The second kappa shape index (κ2) is 3.87. The van der Waals surface area contributed by atoms with Crippen molar-refractivity contribution in [2.24, 2.45) is 0 Å². The van der Waals surface area contributed by atoms with Gasteiger partial charge in [0.1, 0.15) is 5.82 Å². The van der Waals surface area contributed by atoms with Crippen molar-refractivity contribution in [2.45, 2.75) is 13.5 Å². The summed E-state index contributed by atoms with van der Waals surface area (Å²) < 4.78 is 5.03. The molecule has 0 saturated heterocycles. The Morgan fingerprint density at radius 2 is 2.36 bits per heavy atom. The Bertz CT molecular complexity index is 398. The van der Waals surface area contributed by atoms with Crippen LogP contribution in [-0.4, -0.2) is 15.1 Å². The highest BCUT2D eigenvalue weighted by atomic mass is 16.5. The average Bonchev–Trinajstić information content (AvgIpc) is 2.63. The molecule has 72 valence electrons. The summed E-state index contributed by atoms with van der Waals surface area (Å²) >= 11 is 0. The molecule has 0 amide bonds. The third-order valence-electron chi connectivity index (χ3n) is 1.68. The molecule has 2 rings (SSSR count). The number of nitrogens with one attached hydrogen (secondary N) is 1. The number of aromatic nitrogens is 3. The van der Waals surface area contributed by atoms with E-state index in [-0.39, 0.29) is 0 Å². The zero-order valence-corrected chi connectivity index (χ0v) is 7.77. The van der Waals surface area contributed by atoms with E-state index in [1.54, 1.807) is 18.6 Å². The van der Waals surface area contributed by atoms with Crippen LogP contribution in [0.2, 0.25) is 0 Å². The Kier molecular flexibility index (Phi) is 2.40. The van der Waals surface area contributed by atoms with Crippen LogP contribution in [0.5, 0.6) is 0 Å². The van der Waals surface area contributed by atoms with Gasteiger partial charge in [-0.15, -0.1) is 0 Å². The summed E-state index contributed by atoms with van der Waals surface area (Å²) in [7, 11) is 0. The normalized spacial score (nSPS) is 10.1. The van der Waals surface area contributed by atoms with Gasteiger partial charge in [0, 0.05) is 18.5 Å². The highest BCUT2D eigenvalue weighted by molar-refractivity contribution is 5.30. The summed E-state index contributed by atoms with van der Waals surface area (Å²) in [4.78, 5) is 8.00. The van der Waals surface area contributed by atoms with E-state index in [0.29, 0.717) is 6.54 Å². The topological polar surface area (TPSA) is 63.8 Å². The van der Waals surface area contributed by atoms with Gasteiger partial charge in [0.05, 0.1) is 18.4 Å². The minimum atomic E-state index is 0.569. The van der Waals surface area contributed by atoms with E-state index in [2.05, 4.69) is 20.4 Å². The van der Waals surface area contributed by atoms with Gasteiger partial charge in [-0.05, 0) is 6.92 Å². The lowest BCUT2D eigenvalue weighted by molar-refractivity contribution is 0.384. The summed E-state index contributed by atoms with van der Waals surface area (Å²) in [6.45, 7) is 2.45. The maximum atomic E-state index is 5.03. The van der Waals surface area contributed by atoms with Crippen LogP contribution in [0.1, 0.15) is 11.5 Å². The number of anilines is 1. The van der Waals surface area contributed by atoms with Crippen molar-refractivity contribution in [3.63, 3.8) is 0 Å². The van der Waals surface area contributed by atoms with Gasteiger partial charge in [0.25, 0.3) is 0 Å². The highest BCUT2D eigenvalue weighted by Gasteiger charge is 2.00. The molecule has 5 heteroatoms. The summed E-state index contributed by atoms with van der Waals surface area (Å²) in [5.41, 5.74) is 0.876. The third-order valence-corrected chi connectivity index (χ3v) is 1.68. The molecule has 1 N–H and O–H groups in total. The summed E-state index contributed by atoms with van der Waals surface area (Å²) in [6, 6.07) is 1.88. The molecule has 2 aromatic heterocycles. The van der Waals surface area contributed by atoms with Crippen molar-refractivity contribution in [1.29, 1.82) is 0 Å². The lowest BCUT2D eigenvalue weighted by atomic mass is 10.4. The molecule has 0 aromatic carbocycles.